The molecule has 1 fully saturated rings. The molecule has 0 heterocycles. The molecule has 2 aromatic carbocycles. The minimum Gasteiger partial charge on any atom is -0.444 e. The Kier molecular flexibility index (Phi) is 10.9. The first-order valence-electron chi connectivity index (χ1n) is 13.3. The van der Waals surface area contributed by atoms with Crippen molar-refractivity contribution in [3.63, 3.8) is 0 Å². The van der Waals surface area contributed by atoms with E-state index in [2.05, 4.69) is 16.0 Å². The van der Waals surface area contributed by atoms with Crippen LogP contribution in [-0.2, 0) is 27.4 Å². The van der Waals surface area contributed by atoms with Gasteiger partial charge >= 0.3 is 12.2 Å². The smallest absolute Gasteiger partial charge is 0.413 e. The van der Waals surface area contributed by atoms with E-state index in [1.807, 2.05) is 51.1 Å². The molecule has 39 heavy (non-hydrogen) atoms. The highest BCUT2D eigenvalue weighted by Gasteiger charge is 2.25. The number of hydrogen-bond acceptors (Lipinski definition) is 6. The number of allylic oxidation sites excluding steroid dienone is 1. The van der Waals surface area contributed by atoms with E-state index >= 15 is 0 Å². The van der Waals surface area contributed by atoms with Crippen LogP contribution in [0.2, 0.25) is 0 Å². The predicted molar refractivity (Wildman–Crippen MR) is 149 cm³/mol. The Morgan fingerprint density at radius 1 is 0.897 bits per heavy atom. The SMILES string of the molecule is CC(C)(C)OC(=O)NC[C@H]1CC[C@H](C=C(OC(=O)NCc2ccccc2)C(=O)Nc2ccc(CO)cc2)CC1. The fourth-order valence-electron chi connectivity index (χ4n) is 4.26. The Labute approximate surface area is 230 Å². The van der Waals surface area contributed by atoms with Crippen molar-refractivity contribution in [2.45, 2.75) is 65.2 Å². The molecule has 9 nitrogen and oxygen atoms in total. The summed E-state index contributed by atoms with van der Waals surface area (Å²) >= 11 is 0. The van der Waals surface area contributed by atoms with Crippen LogP contribution in [0.3, 0.4) is 0 Å². The monoisotopic (exact) mass is 537 g/mol. The summed E-state index contributed by atoms with van der Waals surface area (Å²) in [7, 11) is 0. The number of rotatable bonds is 9. The Morgan fingerprint density at radius 3 is 2.18 bits per heavy atom. The van der Waals surface area contributed by atoms with Gasteiger partial charge in [-0.25, -0.2) is 9.59 Å². The zero-order chi connectivity index (χ0) is 28.3. The normalized spacial score (nSPS) is 17.6. The molecule has 210 valence electrons. The number of benzene rings is 2. The molecule has 0 spiro atoms. The van der Waals surface area contributed by atoms with Gasteiger partial charge in [-0.15, -0.1) is 0 Å². The second-order valence-corrected chi connectivity index (χ2v) is 10.7. The maximum absolute atomic E-state index is 13.1. The van der Waals surface area contributed by atoms with E-state index in [9.17, 15) is 19.5 Å². The summed E-state index contributed by atoms with van der Waals surface area (Å²) in [5.41, 5.74) is 1.61. The maximum Gasteiger partial charge on any atom is 0.413 e. The van der Waals surface area contributed by atoms with Crippen LogP contribution in [0.4, 0.5) is 15.3 Å². The molecule has 0 atom stereocenters. The first-order valence-corrected chi connectivity index (χ1v) is 13.3. The fourth-order valence-corrected chi connectivity index (χ4v) is 4.26. The number of ether oxygens (including phenoxy) is 2. The van der Waals surface area contributed by atoms with Crippen molar-refractivity contribution in [3.8, 4) is 0 Å². The van der Waals surface area contributed by atoms with Crippen molar-refractivity contribution < 1.29 is 29.0 Å². The lowest BCUT2D eigenvalue weighted by atomic mass is 9.81. The number of hydrogen-bond donors (Lipinski definition) is 4. The molecular weight excluding hydrogens is 498 g/mol. The number of carbonyl (C=O) groups is 3. The van der Waals surface area contributed by atoms with E-state index in [0.29, 0.717) is 18.2 Å². The molecule has 0 bridgehead atoms. The van der Waals surface area contributed by atoms with Crippen LogP contribution >= 0.6 is 0 Å². The predicted octanol–water partition coefficient (Wildman–Crippen LogP) is 5.26. The van der Waals surface area contributed by atoms with Crippen molar-refractivity contribution in [2.75, 3.05) is 11.9 Å². The number of alkyl carbamates (subject to hydrolysis) is 2. The summed E-state index contributed by atoms with van der Waals surface area (Å²) in [6, 6.07) is 16.2. The van der Waals surface area contributed by atoms with Gasteiger partial charge in [0.25, 0.3) is 5.91 Å². The molecule has 1 aliphatic carbocycles. The molecule has 9 heteroatoms. The number of aliphatic hydroxyl groups is 1. The summed E-state index contributed by atoms with van der Waals surface area (Å²) in [6.45, 7) is 6.18. The van der Waals surface area contributed by atoms with Crippen molar-refractivity contribution in [1.82, 2.24) is 10.6 Å². The third kappa shape index (κ3) is 10.8. The van der Waals surface area contributed by atoms with E-state index in [4.69, 9.17) is 9.47 Å². The van der Waals surface area contributed by atoms with Gasteiger partial charge in [-0.05, 0) is 87.6 Å². The van der Waals surface area contributed by atoms with Crippen molar-refractivity contribution >= 4 is 23.8 Å². The van der Waals surface area contributed by atoms with Gasteiger partial charge in [0.05, 0.1) is 6.61 Å². The highest BCUT2D eigenvalue weighted by molar-refractivity contribution is 6.03. The molecule has 1 saturated carbocycles. The fraction of sp³-hybridized carbons (Fsp3) is 0.433. The molecule has 0 radical (unpaired) electrons. The van der Waals surface area contributed by atoms with Gasteiger partial charge in [0.15, 0.2) is 5.76 Å². The van der Waals surface area contributed by atoms with Gasteiger partial charge in [0.2, 0.25) is 0 Å². The lowest BCUT2D eigenvalue weighted by molar-refractivity contribution is -0.115. The molecule has 0 unspecified atom stereocenters. The van der Waals surface area contributed by atoms with E-state index < -0.39 is 23.7 Å². The first kappa shape index (κ1) is 29.7. The number of carbonyl (C=O) groups excluding carboxylic acids is 3. The number of amides is 3. The minimum atomic E-state index is -0.717. The average Bonchev–Trinajstić information content (AvgIpc) is 2.91. The van der Waals surface area contributed by atoms with E-state index in [1.54, 1.807) is 30.3 Å². The number of nitrogens with one attached hydrogen (secondary N) is 3. The lowest BCUT2D eigenvalue weighted by Crippen LogP contribution is -2.36. The van der Waals surface area contributed by atoms with Crippen LogP contribution in [0.1, 0.15) is 57.6 Å². The summed E-state index contributed by atoms with van der Waals surface area (Å²) in [5.74, 6) is -0.251. The standard InChI is InChI=1S/C30H39N3O6/c1-30(2,3)39-29(37)32-19-23-11-9-21(10-12-23)17-26(27(35)33-25-15-13-24(20-34)14-16-25)38-28(36)31-18-22-7-5-4-6-8-22/h4-8,13-17,21,23,34H,9-12,18-20H2,1-3H3,(H,31,36)(H,32,37)(H,33,35)/t21-,23-. The molecule has 0 aromatic heterocycles. The average molecular weight is 538 g/mol. The Morgan fingerprint density at radius 2 is 1.56 bits per heavy atom. The van der Waals surface area contributed by atoms with Gasteiger partial charge in [-0.1, -0.05) is 42.5 Å². The van der Waals surface area contributed by atoms with Crippen LogP contribution in [-0.4, -0.2) is 35.3 Å². The van der Waals surface area contributed by atoms with Crippen LogP contribution in [0.15, 0.2) is 66.4 Å². The quantitative estimate of drug-likeness (QED) is 0.255. The lowest BCUT2D eigenvalue weighted by Gasteiger charge is -2.28. The molecule has 3 amide bonds. The van der Waals surface area contributed by atoms with Gasteiger partial charge < -0.3 is 30.5 Å². The van der Waals surface area contributed by atoms with Crippen LogP contribution in [0, 0.1) is 11.8 Å². The van der Waals surface area contributed by atoms with Crippen LogP contribution in [0.25, 0.3) is 0 Å². The second-order valence-electron chi connectivity index (χ2n) is 10.7. The maximum atomic E-state index is 13.1. The number of aliphatic hydroxyl groups excluding tert-OH is 1. The van der Waals surface area contributed by atoms with E-state index in [1.165, 1.54) is 0 Å². The highest BCUT2D eigenvalue weighted by atomic mass is 16.6. The molecular formula is C30H39N3O6. The van der Waals surface area contributed by atoms with Crippen molar-refractivity contribution in [1.29, 1.82) is 0 Å². The Bertz CT molecular complexity index is 1120. The minimum absolute atomic E-state index is 0.0437. The van der Waals surface area contributed by atoms with Crippen LogP contribution in [0.5, 0.6) is 0 Å². The third-order valence-electron chi connectivity index (χ3n) is 6.31. The summed E-state index contributed by atoms with van der Waals surface area (Å²) in [6.07, 6.45) is 3.87. The topological polar surface area (TPSA) is 126 Å². The Balaban J connectivity index is 1.60. The molecule has 4 N–H and O–H groups in total. The molecule has 0 aliphatic heterocycles. The van der Waals surface area contributed by atoms with Crippen molar-refractivity contribution in [3.05, 3.63) is 77.6 Å². The van der Waals surface area contributed by atoms with Gasteiger partial charge in [0, 0.05) is 18.8 Å². The third-order valence-corrected chi connectivity index (χ3v) is 6.31. The summed E-state index contributed by atoms with van der Waals surface area (Å²) in [4.78, 5) is 37.7. The van der Waals surface area contributed by atoms with Gasteiger partial charge in [0.1, 0.15) is 5.60 Å². The second kappa shape index (κ2) is 14.3. The zero-order valence-electron chi connectivity index (χ0n) is 22.9. The summed E-state index contributed by atoms with van der Waals surface area (Å²) in [5, 5.41) is 17.5. The number of anilines is 1. The van der Waals surface area contributed by atoms with Gasteiger partial charge in [-0.2, -0.15) is 0 Å². The molecule has 1 aliphatic rings. The zero-order valence-corrected chi connectivity index (χ0v) is 22.9. The van der Waals surface area contributed by atoms with Crippen molar-refractivity contribution in [2.24, 2.45) is 11.8 Å². The van der Waals surface area contributed by atoms with E-state index in [-0.39, 0.29) is 24.8 Å². The molecule has 2 aromatic rings. The van der Waals surface area contributed by atoms with E-state index in [0.717, 1.165) is 36.8 Å². The highest BCUT2D eigenvalue weighted by Crippen LogP contribution is 2.30. The summed E-state index contributed by atoms with van der Waals surface area (Å²) < 4.78 is 10.8. The molecule has 0 saturated heterocycles. The molecule has 3 rings (SSSR count). The van der Waals surface area contributed by atoms with Gasteiger partial charge in [-0.3, -0.25) is 4.79 Å². The first-order chi connectivity index (χ1) is 18.6. The van der Waals surface area contributed by atoms with Crippen LogP contribution < -0.4 is 16.0 Å². The largest absolute Gasteiger partial charge is 0.444 e. The Hall–Kier alpha value is -3.85.